The van der Waals surface area contributed by atoms with E-state index < -0.39 is 0 Å². The van der Waals surface area contributed by atoms with E-state index in [0.717, 1.165) is 76.4 Å². The predicted octanol–water partition coefficient (Wildman–Crippen LogP) is 2.37. The van der Waals surface area contributed by atoms with Crippen molar-refractivity contribution in [3.05, 3.63) is 29.3 Å². The van der Waals surface area contributed by atoms with E-state index in [1.54, 1.807) is 7.11 Å². The van der Waals surface area contributed by atoms with E-state index in [9.17, 15) is 4.79 Å². The molecule has 1 aliphatic carbocycles. The molecule has 0 N–H and O–H groups in total. The van der Waals surface area contributed by atoms with Crippen LogP contribution in [0.5, 0.6) is 17.2 Å². The number of methoxy groups -OCH3 is 1. The molecule has 2 aromatic rings. The van der Waals surface area contributed by atoms with Gasteiger partial charge in [-0.15, -0.1) is 0 Å². The van der Waals surface area contributed by atoms with Crippen molar-refractivity contribution in [2.45, 2.75) is 0 Å². The normalized spacial score (nSPS) is 23.4. The number of nitrogens with zero attached hydrogens (tertiary/aromatic N) is 2. The van der Waals surface area contributed by atoms with Gasteiger partial charge in [-0.05, 0) is 12.1 Å². The summed E-state index contributed by atoms with van der Waals surface area (Å²) in [7, 11) is 1.71. The highest BCUT2D eigenvalue weighted by atomic mass is 16.5. The molecule has 8 nitrogen and oxygen atoms in total. The monoisotopic (exact) mass is 466 g/mol. The van der Waals surface area contributed by atoms with Crippen LogP contribution in [0.1, 0.15) is 15.9 Å². The molecule has 0 amide bonds. The summed E-state index contributed by atoms with van der Waals surface area (Å²) in [6.45, 7) is 8.94. The van der Waals surface area contributed by atoms with Crippen molar-refractivity contribution in [2.24, 2.45) is 0 Å². The molecule has 0 radical (unpaired) electrons. The van der Waals surface area contributed by atoms with Crippen LogP contribution in [0.15, 0.2) is 18.2 Å². The van der Waals surface area contributed by atoms with Gasteiger partial charge >= 0.3 is 0 Å². The van der Waals surface area contributed by atoms with Crippen molar-refractivity contribution in [2.75, 3.05) is 86.0 Å². The fraction of sp³-hybridized carbons (Fsp3) is 0.500. The summed E-state index contributed by atoms with van der Waals surface area (Å²) in [5.41, 5.74) is 5.40. The Bertz CT molecular complexity index is 1200. The molecule has 2 aromatic carbocycles. The van der Waals surface area contributed by atoms with Gasteiger partial charge in [-0.2, -0.15) is 0 Å². The Balaban J connectivity index is 1.58. The molecule has 178 valence electrons. The Morgan fingerprint density at radius 3 is 2.06 bits per heavy atom. The van der Waals surface area contributed by atoms with Crippen molar-refractivity contribution < 1.29 is 28.5 Å². The number of carbonyl (C=O) groups excluding carboxylic acids is 1. The number of carbonyl (C=O) groups is 1. The fourth-order valence-corrected chi connectivity index (χ4v) is 6.72. The Labute approximate surface area is 198 Å². The lowest BCUT2D eigenvalue weighted by molar-refractivity contribution is 0.0245. The van der Waals surface area contributed by atoms with Crippen molar-refractivity contribution in [1.82, 2.24) is 8.97 Å². The summed E-state index contributed by atoms with van der Waals surface area (Å²) >= 11 is 0. The van der Waals surface area contributed by atoms with Gasteiger partial charge < -0.3 is 23.7 Å². The maximum atomic E-state index is 13.9. The zero-order valence-corrected chi connectivity index (χ0v) is 19.6. The van der Waals surface area contributed by atoms with Crippen molar-refractivity contribution in [3.8, 4) is 28.4 Å². The van der Waals surface area contributed by atoms with Crippen LogP contribution in [0, 0.1) is 0 Å². The minimum absolute atomic E-state index is 0.000963. The number of hydrogen-bond acceptors (Lipinski definition) is 6. The molecular formula is C26H30N2O6+2. The maximum absolute atomic E-state index is 13.9. The topological polar surface area (TPSA) is 63.2 Å². The number of rotatable bonds is 1. The van der Waals surface area contributed by atoms with Gasteiger partial charge in [-0.3, -0.25) is 13.8 Å². The standard InChI is InChI=1S/C26H30N2O6/c1-30-24-20-19-17-3-2-4-18(19)27(5-11-31-12-6-27)9-15-33-25(21(20)23(17)29)26-22(24)28(10-16-34-26)7-13-32-14-8-28/h2-4H,5-16H2,1H3/q+2. The molecule has 2 saturated heterocycles. The van der Waals surface area contributed by atoms with E-state index in [-0.39, 0.29) is 5.78 Å². The highest BCUT2D eigenvalue weighted by Crippen LogP contribution is 2.62. The molecule has 2 spiro atoms. The van der Waals surface area contributed by atoms with Crippen molar-refractivity contribution in [3.63, 3.8) is 0 Å². The SMILES string of the molecule is COc1c2c3c(c4c1[N+]1(CCOCC1)CCO4)OCC[N+]1(CCOCC1)c1cccc(c1-2)C3=O. The summed E-state index contributed by atoms with van der Waals surface area (Å²) in [6, 6.07) is 6.16. The van der Waals surface area contributed by atoms with E-state index in [1.807, 2.05) is 12.1 Å². The van der Waals surface area contributed by atoms with Gasteiger partial charge in [-0.1, -0.05) is 6.07 Å². The maximum Gasteiger partial charge on any atom is 0.228 e. The summed E-state index contributed by atoms with van der Waals surface area (Å²) in [5.74, 6) is 2.03. The van der Waals surface area contributed by atoms with Crippen LogP contribution in [0.4, 0.5) is 11.4 Å². The molecule has 4 bridgehead atoms. The number of hydrogen-bond donors (Lipinski definition) is 0. The van der Waals surface area contributed by atoms with Gasteiger partial charge in [0.25, 0.3) is 0 Å². The predicted molar refractivity (Wildman–Crippen MR) is 127 cm³/mol. The third-order valence-electron chi connectivity index (χ3n) is 8.48. The number of fused-ring (bicyclic) bond motifs is 4. The molecule has 0 aromatic heterocycles. The quantitative estimate of drug-likeness (QED) is 0.513. The number of ketones is 1. The second-order valence-electron chi connectivity index (χ2n) is 9.87. The Morgan fingerprint density at radius 1 is 0.735 bits per heavy atom. The number of quaternary nitrogens is 2. The highest BCUT2D eigenvalue weighted by molar-refractivity contribution is 6.27. The van der Waals surface area contributed by atoms with E-state index in [0.29, 0.717) is 56.7 Å². The Morgan fingerprint density at radius 2 is 1.35 bits per heavy atom. The molecule has 8 heteroatoms. The average Bonchev–Trinajstić information content (AvgIpc) is 3.19. The van der Waals surface area contributed by atoms with E-state index in [1.165, 1.54) is 5.69 Å². The molecular weight excluding hydrogens is 436 g/mol. The first kappa shape index (κ1) is 20.7. The second-order valence-corrected chi connectivity index (χ2v) is 9.87. The second kappa shape index (κ2) is 7.42. The summed E-state index contributed by atoms with van der Waals surface area (Å²) in [5, 5.41) is 0. The third-order valence-corrected chi connectivity index (χ3v) is 8.48. The lowest BCUT2D eigenvalue weighted by atomic mass is 9.96. The minimum atomic E-state index is -0.000963. The van der Waals surface area contributed by atoms with Crippen LogP contribution < -0.4 is 23.2 Å². The lowest BCUT2D eigenvalue weighted by Gasteiger charge is -2.44. The first-order valence-corrected chi connectivity index (χ1v) is 12.3. The largest absolute Gasteiger partial charge is 0.490 e. The first-order chi connectivity index (χ1) is 16.7. The summed E-state index contributed by atoms with van der Waals surface area (Å²) in [6.07, 6.45) is 0. The zero-order chi connectivity index (χ0) is 22.9. The molecule has 0 saturated carbocycles. The molecule has 0 unspecified atom stereocenters. The smallest absolute Gasteiger partial charge is 0.228 e. The zero-order valence-electron chi connectivity index (χ0n) is 19.6. The van der Waals surface area contributed by atoms with E-state index in [4.69, 9.17) is 23.7 Å². The van der Waals surface area contributed by atoms with Crippen LogP contribution in [0.2, 0.25) is 0 Å². The van der Waals surface area contributed by atoms with Gasteiger partial charge in [0.1, 0.15) is 58.2 Å². The highest BCUT2D eigenvalue weighted by Gasteiger charge is 2.51. The Kier molecular flexibility index (Phi) is 4.52. The molecule has 2 fully saturated rings. The van der Waals surface area contributed by atoms with Crippen LogP contribution in [-0.2, 0) is 9.47 Å². The van der Waals surface area contributed by atoms with Gasteiger partial charge in [0, 0.05) is 5.56 Å². The van der Waals surface area contributed by atoms with E-state index >= 15 is 0 Å². The van der Waals surface area contributed by atoms with Crippen LogP contribution in [0.25, 0.3) is 11.1 Å². The average molecular weight is 467 g/mol. The Hall–Kier alpha value is -2.65. The van der Waals surface area contributed by atoms with Gasteiger partial charge in [-0.25, -0.2) is 0 Å². The minimum Gasteiger partial charge on any atom is -0.490 e. The fourth-order valence-electron chi connectivity index (χ4n) is 6.72. The number of morpholine rings is 2. The van der Waals surface area contributed by atoms with Crippen molar-refractivity contribution in [1.29, 1.82) is 0 Å². The molecule has 0 atom stereocenters. The molecule has 5 aliphatic rings. The number of benzene rings is 2. The van der Waals surface area contributed by atoms with E-state index in [2.05, 4.69) is 6.07 Å². The molecule has 4 aliphatic heterocycles. The van der Waals surface area contributed by atoms with Gasteiger partial charge in [0.15, 0.2) is 17.3 Å². The first-order valence-electron chi connectivity index (χ1n) is 12.3. The van der Waals surface area contributed by atoms with Crippen LogP contribution in [-0.4, -0.2) is 91.8 Å². The van der Waals surface area contributed by atoms with Crippen LogP contribution in [0.3, 0.4) is 0 Å². The molecule has 34 heavy (non-hydrogen) atoms. The lowest BCUT2D eigenvalue weighted by Crippen LogP contribution is -2.60. The summed E-state index contributed by atoms with van der Waals surface area (Å²) in [4.78, 5) is 13.9. The third kappa shape index (κ3) is 2.59. The van der Waals surface area contributed by atoms with Crippen LogP contribution >= 0.6 is 0 Å². The number of ether oxygens (including phenoxy) is 5. The molecule has 4 heterocycles. The summed E-state index contributed by atoms with van der Waals surface area (Å²) < 4.78 is 32.0. The van der Waals surface area contributed by atoms with Crippen molar-refractivity contribution >= 4 is 17.2 Å². The molecule has 7 rings (SSSR count). The van der Waals surface area contributed by atoms with Gasteiger partial charge in [0.05, 0.1) is 50.2 Å². The van der Waals surface area contributed by atoms with Gasteiger partial charge in [0.2, 0.25) is 11.4 Å².